The number of allylic oxidation sites excluding steroid dienone is 1. The van der Waals surface area contributed by atoms with E-state index in [-0.39, 0.29) is 11.5 Å². The lowest BCUT2D eigenvalue weighted by Gasteiger charge is -2.18. The Balaban J connectivity index is 2.18. The van der Waals surface area contributed by atoms with Crippen molar-refractivity contribution in [1.82, 2.24) is 0 Å². The summed E-state index contributed by atoms with van der Waals surface area (Å²) in [7, 11) is 1.54. The van der Waals surface area contributed by atoms with Gasteiger partial charge in [0.15, 0.2) is 11.5 Å². The molecule has 3 rings (SSSR count). The Bertz CT molecular complexity index is 1010. The van der Waals surface area contributed by atoms with Gasteiger partial charge in [-0.1, -0.05) is 37.3 Å². The van der Waals surface area contributed by atoms with Crippen molar-refractivity contribution in [3.63, 3.8) is 0 Å². The van der Waals surface area contributed by atoms with E-state index < -0.39 is 0 Å². The second-order valence-electron chi connectivity index (χ2n) is 6.70. The highest BCUT2D eigenvalue weighted by atomic mass is 35.5. The molecular weight excluding hydrogens is 400 g/mol. The van der Waals surface area contributed by atoms with Crippen LogP contribution in [0.3, 0.4) is 0 Å². The average molecular weight is 425 g/mol. The number of hydrogen-bond donors (Lipinski definition) is 2. The zero-order valence-electron chi connectivity index (χ0n) is 17.1. The summed E-state index contributed by atoms with van der Waals surface area (Å²) in [6.45, 7) is 2.54. The number of phenolic OH excluding ortho intramolecular Hbond substituents is 2. The van der Waals surface area contributed by atoms with E-state index in [9.17, 15) is 10.2 Å². The van der Waals surface area contributed by atoms with Crippen LogP contribution in [0.4, 0.5) is 0 Å². The molecule has 0 aliphatic rings. The Labute approximate surface area is 182 Å². The van der Waals surface area contributed by atoms with E-state index in [1.54, 1.807) is 18.2 Å². The lowest BCUT2D eigenvalue weighted by Crippen LogP contribution is -1.99. The van der Waals surface area contributed by atoms with E-state index in [4.69, 9.17) is 21.1 Å². The molecule has 0 radical (unpaired) electrons. The van der Waals surface area contributed by atoms with Crippen molar-refractivity contribution in [2.75, 3.05) is 19.6 Å². The van der Waals surface area contributed by atoms with Gasteiger partial charge in [-0.3, -0.25) is 0 Å². The molecule has 2 N–H and O–H groups in total. The number of methoxy groups -OCH3 is 1. The predicted octanol–water partition coefficient (Wildman–Crippen LogP) is 6.09. The first-order valence-electron chi connectivity index (χ1n) is 9.76. The van der Waals surface area contributed by atoms with Crippen molar-refractivity contribution in [2.24, 2.45) is 0 Å². The summed E-state index contributed by atoms with van der Waals surface area (Å²) in [5.41, 5.74) is 5.08. The van der Waals surface area contributed by atoms with Gasteiger partial charge in [0.1, 0.15) is 18.1 Å². The Morgan fingerprint density at radius 2 is 1.47 bits per heavy atom. The summed E-state index contributed by atoms with van der Waals surface area (Å²) in [5, 5.41) is 19.8. The third-order valence-electron chi connectivity index (χ3n) is 4.83. The number of aromatic hydroxyl groups is 2. The van der Waals surface area contributed by atoms with Crippen LogP contribution in [0.15, 0.2) is 66.7 Å². The molecule has 0 unspecified atom stereocenters. The number of halogens is 1. The summed E-state index contributed by atoms with van der Waals surface area (Å²) in [6.07, 6.45) is 0.759. The van der Waals surface area contributed by atoms with Gasteiger partial charge in [0.05, 0.1) is 13.0 Å². The topological polar surface area (TPSA) is 58.9 Å². The van der Waals surface area contributed by atoms with Gasteiger partial charge in [0.25, 0.3) is 0 Å². The summed E-state index contributed by atoms with van der Waals surface area (Å²) < 4.78 is 10.9. The fourth-order valence-electron chi connectivity index (χ4n) is 3.41. The van der Waals surface area contributed by atoms with Gasteiger partial charge in [-0.15, -0.1) is 11.6 Å². The smallest absolute Gasteiger partial charge is 0.161 e. The molecule has 0 aliphatic carbocycles. The minimum absolute atomic E-state index is 0.101. The summed E-state index contributed by atoms with van der Waals surface area (Å²) in [5.74, 6) is 1.93. The van der Waals surface area contributed by atoms with Crippen molar-refractivity contribution < 1.29 is 19.7 Å². The van der Waals surface area contributed by atoms with Gasteiger partial charge in [0.2, 0.25) is 0 Å². The molecule has 0 spiro atoms. The molecule has 0 atom stereocenters. The van der Waals surface area contributed by atoms with E-state index in [0.29, 0.717) is 18.2 Å². The van der Waals surface area contributed by atoms with Crippen LogP contribution < -0.4 is 9.47 Å². The van der Waals surface area contributed by atoms with E-state index in [1.165, 1.54) is 7.11 Å². The monoisotopic (exact) mass is 424 g/mol. The molecular formula is C25H25ClO4. The van der Waals surface area contributed by atoms with Crippen LogP contribution in [-0.2, 0) is 0 Å². The molecule has 5 heteroatoms. The number of ether oxygens (including phenoxy) is 2. The van der Waals surface area contributed by atoms with Crippen LogP contribution >= 0.6 is 11.6 Å². The zero-order chi connectivity index (χ0) is 21.5. The maximum atomic E-state index is 10.0. The molecule has 0 aliphatic heterocycles. The van der Waals surface area contributed by atoms with E-state index >= 15 is 0 Å². The van der Waals surface area contributed by atoms with Crippen molar-refractivity contribution in [3.8, 4) is 23.0 Å². The molecule has 3 aromatic rings. The predicted molar refractivity (Wildman–Crippen MR) is 122 cm³/mol. The fraction of sp³-hybridized carbons (Fsp3) is 0.200. The Kier molecular flexibility index (Phi) is 7.26. The Morgan fingerprint density at radius 1 is 0.867 bits per heavy atom. The second-order valence-corrected chi connectivity index (χ2v) is 7.08. The number of rotatable bonds is 8. The molecule has 30 heavy (non-hydrogen) atoms. The van der Waals surface area contributed by atoms with Crippen molar-refractivity contribution >= 4 is 22.7 Å². The molecule has 0 aromatic heterocycles. The standard InChI is InChI=1S/C25H25ClO4/c1-3-22(19-8-13-23(28)24(16-19)29-2)25(17-4-9-20(27)10-5-17)18-6-11-21(12-7-18)30-15-14-26/h4-13,16,27-28H,3,14-15H2,1-2H3/b25-22-. The van der Waals surface area contributed by atoms with Crippen molar-refractivity contribution in [3.05, 3.63) is 83.4 Å². The highest BCUT2D eigenvalue weighted by molar-refractivity contribution is 6.18. The van der Waals surface area contributed by atoms with E-state index in [1.807, 2.05) is 48.5 Å². The number of hydrogen-bond acceptors (Lipinski definition) is 4. The first-order valence-corrected chi connectivity index (χ1v) is 10.3. The molecule has 0 fully saturated rings. The lowest BCUT2D eigenvalue weighted by atomic mass is 9.88. The first-order chi connectivity index (χ1) is 14.6. The highest BCUT2D eigenvalue weighted by Crippen LogP contribution is 2.38. The molecule has 3 aromatic carbocycles. The molecule has 156 valence electrons. The SMILES string of the molecule is CC/C(=C(\c1ccc(O)cc1)c1ccc(OCCCl)cc1)c1ccc(O)c(OC)c1. The Morgan fingerprint density at radius 3 is 2.03 bits per heavy atom. The van der Waals surface area contributed by atoms with Gasteiger partial charge in [-0.25, -0.2) is 0 Å². The minimum atomic E-state index is 0.101. The molecule has 0 amide bonds. The molecule has 0 saturated heterocycles. The average Bonchev–Trinajstić information content (AvgIpc) is 2.78. The number of benzene rings is 3. The van der Waals surface area contributed by atoms with Gasteiger partial charge in [-0.2, -0.15) is 0 Å². The first kappa shape index (κ1) is 21.6. The second kappa shape index (κ2) is 10.1. The number of phenols is 2. The van der Waals surface area contributed by atoms with E-state index in [0.717, 1.165) is 40.0 Å². The molecule has 4 nitrogen and oxygen atoms in total. The van der Waals surface area contributed by atoms with Crippen LogP contribution in [0.1, 0.15) is 30.0 Å². The maximum absolute atomic E-state index is 10.0. The highest BCUT2D eigenvalue weighted by Gasteiger charge is 2.15. The van der Waals surface area contributed by atoms with Gasteiger partial charge >= 0.3 is 0 Å². The van der Waals surface area contributed by atoms with Gasteiger partial charge in [-0.05, 0) is 70.7 Å². The third kappa shape index (κ3) is 4.89. The van der Waals surface area contributed by atoms with Crippen LogP contribution in [-0.4, -0.2) is 29.8 Å². The van der Waals surface area contributed by atoms with Crippen molar-refractivity contribution in [2.45, 2.75) is 13.3 Å². The largest absolute Gasteiger partial charge is 0.508 e. The van der Waals surface area contributed by atoms with Crippen LogP contribution in [0.2, 0.25) is 0 Å². The summed E-state index contributed by atoms with van der Waals surface area (Å²) in [6, 6.07) is 20.4. The van der Waals surface area contributed by atoms with Crippen LogP contribution in [0, 0.1) is 0 Å². The van der Waals surface area contributed by atoms with Gasteiger partial charge < -0.3 is 19.7 Å². The lowest BCUT2D eigenvalue weighted by molar-refractivity contribution is 0.343. The normalized spacial score (nSPS) is 11.7. The minimum Gasteiger partial charge on any atom is -0.508 e. The van der Waals surface area contributed by atoms with E-state index in [2.05, 4.69) is 6.92 Å². The van der Waals surface area contributed by atoms with Crippen LogP contribution in [0.25, 0.3) is 11.1 Å². The quantitative estimate of drug-likeness (QED) is 0.339. The number of alkyl halides is 1. The van der Waals surface area contributed by atoms with Crippen LogP contribution in [0.5, 0.6) is 23.0 Å². The summed E-state index contributed by atoms with van der Waals surface area (Å²) in [4.78, 5) is 0. The molecule has 0 saturated carbocycles. The third-order valence-corrected chi connectivity index (χ3v) is 4.98. The zero-order valence-corrected chi connectivity index (χ0v) is 17.8. The maximum Gasteiger partial charge on any atom is 0.161 e. The molecule has 0 bridgehead atoms. The van der Waals surface area contributed by atoms with Gasteiger partial charge in [0, 0.05) is 0 Å². The van der Waals surface area contributed by atoms with Crippen molar-refractivity contribution in [1.29, 1.82) is 0 Å². The summed E-state index contributed by atoms with van der Waals surface area (Å²) >= 11 is 5.71. The fourth-order valence-corrected chi connectivity index (χ4v) is 3.49. The molecule has 0 heterocycles. The Hall–Kier alpha value is -3.11.